The summed E-state index contributed by atoms with van der Waals surface area (Å²) in [5.74, 6) is 0.766. The number of carbonyl (C=O) groups excluding carboxylic acids is 1. The molecule has 0 bridgehead atoms. The smallest absolute Gasteiger partial charge is 0.411 e. The van der Waals surface area contributed by atoms with Crippen molar-refractivity contribution in [2.24, 2.45) is 0 Å². The van der Waals surface area contributed by atoms with Gasteiger partial charge in [0.25, 0.3) is 0 Å². The van der Waals surface area contributed by atoms with Gasteiger partial charge in [-0.05, 0) is 56.2 Å². The number of hydrogen-bond acceptors (Lipinski definition) is 7. The molecule has 4 aromatic rings. The zero-order chi connectivity index (χ0) is 23.7. The van der Waals surface area contributed by atoms with Gasteiger partial charge < -0.3 is 19.8 Å². The molecule has 0 unspecified atom stereocenters. The van der Waals surface area contributed by atoms with Crippen molar-refractivity contribution >= 4 is 28.4 Å². The largest absolute Gasteiger partial charge is 0.492 e. The lowest BCUT2D eigenvalue weighted by Crippen LogP contribution is -2.17. The van der Waals surface area contributed by atoms with Crippen LogP contribution in [0.1, 0.15) is 32.7 Å². The summed E-state index contributed by atoms with van der Waals surface area (Å²) in [6.07, 6.45) is 2.97. The molecule has 0 atom stereocenters. The third-order valence-corrected chi connectivity index (χ3v) is 5.63. The molecule has 0 aliphatic heterocycles. The van der Waals surface area contributed by atoms with E-state index in [1.807, 2.05) is 56.3 Å². The van der Waals surface area contributed by atoms with E-state index >= 15 is 0 Å². The fourth-order valence-corrected chi connectivity index (χ4v) is 4.02. The summed E-state index contributed by atoms with van der Waals surface area (Å²) >= 11 is 0. The highest BCUT2D eigenvalue weighted by atomic mass is 16.6. The van der Waals surface area contributed by atoms with Crippen molar-refractivity contribution in [3.63, 3.8) is 0 Å². The highest BCUT2D eigenvalue weighted by Crippen LogP contribution is 2.46. The molecule has 0 radical (unpaired) electrons. The Morgan fingerprint density at radius 1 is 1.21 bits per heavy atom. The van der Waals surface area contributed by atoms with E-state index in [2.05, 4.69) is 25.3 Å². The second-order valence-corrected chi connectivity index (χ2v) is 8.58. The van der Waals surface area contributed by atoms with Crippen molar-refractivity contribution in [2.75, 3.05) is 17.7 Å². The Morgan fingerprint density at radius 2 is 2.00 bits per heavy atom. The molecule has 176 valence electrons. The van der Waals surface area contributed by atoms with Crippen LogP contribution in [0, 0.1) is 0 Å². The van der Waals surface area contributed by atoms with Crippen LogP contribution in [0.5, 0.6) is 5.75 Å². The van der Waals surface area contributed by atoms with E-state index < -0.39 is 6.09 Å². The third-order valence-electron chi connectivity index (χ3n) is 5.63. The summed E-state index contributed by atoms with van der Waals surface area (Å²) in [7, 11) is 0. The van der Waals surface area contributed by atoms with Crippen LogP contribution in [-0.4, -0.2) is 43.6 Å². The molecule has 34 heavy (non-hydrogen) atoms. The molecule has 2 aromatic carbocycles. The SMILES string of the molecule is CC(C)OC(=O)Nc1ccc(-c2c(N)c3ccc(OCCn4ncnn4)cc3n2C2CC2)cc1. The number of nitrogens with zero attached hydrogens (tertiary/aromatic N) is 5. The summed E-state index contributed by atoms with van der Waals surface area (Å²) in [5.41, 5.74) is 11.1. The van der Waals surface area contributed by atoms with Gasteiger partial charge in [-0.15, -0.1) is 10.2 Å². The number of anilines is 2. The van der Waals surface area contributed by atoms with Crippen LogP contribution in [-0.2, 0) is 11.3 Å². The summed E-state index contributed by atoms with van der Waals surface area (Å²) in [4.78, 5) is 13.4. The molecular formula is C24H27N7O3. The predicted molar refractivity (Wildman–Crippen MR) is 129 cm³/mol. The Balaban J connectivity index is 1.41. The van der Waals surface area contributed by atoms with E-state index in [0.717, 1.165) is 46.4 Å². The minimum Gasteiger partial charge on any atom is -0.492 e. The van der Waals surface area contributed by atoms with Crippen LogP contribution in [0.15, 0.2) is 48.8 Å². The lowest BCUT2D eigenvalue weighted by Gasteiger charge is -2.13. The summed E-state index contributed by atoms with van der Waals surface area (Å²) in [6, 6.07) is 14.0. The van der Waals surface area contributed by atoms with Crippen molar-refractivity contribution in [1.29, 1.82) is 0 Å². The van der Waals surface area contributed by atoms with Gasteiger partial charge in [-0.25, -0.2) is 4.79 Å². The van der Waals surface area contributed by atoms with Gasteiger partial charge in [0.05, 0.1) is 29.5 Å². The maximum Gasteiger partial charge on any atom is 0.411 e. The lowest BCUT2D eigenvalue weighted by atomic mass is 10.1. The van der Waals surface area contributed by atoms with Crippen LogP contribution in [0.3, 0.4) is 0 Å². The third kappa shape index (κ3) is 4.52. The molecule has 2 aromatic heterocycles. The molecule has 2 heterocycles. The average Bonchev–Trinajstić information content (AvgIpc) is 3.43. The number of benzene rings is 2. The molecule has 5 rings (SSSR count). The van der Waals surface area contributed by atoms with E-state index in [4.69, 9.17) is 15.2 Å². The Bertz CT molecular complexity index is 1290. The Hall–Kier alpha value is -4.08. The molecule has 10 heteroatoms. The van der Waals surface area contributed by atoms with Crippen LogP contribution in [0.25, 0.3) is 22.2 Å². The van der Waals surface area contributed by atoms with Gasteiger partial charge >= 0.3 is 6.09 Å². The highest BCUT2D eigenvalue weighted by Gasteiger charge is 2.30. The number of nitrogens with one attached hydrogen (secondary N) is 1. The second kappa shape index (κ2) is 9.05. The standard InChI is InChI=1S/C24H27N7O3/c1-15(2)34-24(32)28-17-5-3-16(4-6-17)23-22(25)20-10-9-19(13-21(20)31(23)18-7-8-18)33-12-11-30-27-14-26-29-30/h3-6,9-10,13-15,18H,7-8,11-12,25H2,1-2H3,(H,28,32). The number of amides is 1. The molecule has 1 aliphatic rings. The molecule has 1 saturated carbocycles. The first-order chi connectivity index (χ1) is 16.5. The number of nitrogen functional groups attached to an aromatic ring is 1. The zero-order valence-electron chi connectivity index (χ0n) is 19.1. The first-order valence-corrected chi connectivity index (χ1v) is 11.3. The lowest BCUT2D eigenvalue weighted by molar-refractivity contribution is 0.130. The number of nitrogens with two attached hydrogens (primary N) is 1. The normalized spacial score (nSPS) is 13.4. The minimum absolute atomic E-state index is 0.179. The predicted octanol–water partition coefficient (Wildman–Crippen LogP) is 4.25. The molecule has 1 fully saturated rings. The quantitative estimate of drug-likeness (QED) is 0.402. The molecule has 10 nitrogen and oxygen atoms in total. The zero-order valence-corrected chi connectivity index (χ0v) is 19.1. The maximum atomic E-state index is 11.9. The van der Waals surface area contributed by atoms with E-state index in [1.54, 1.807) is 0 Å². The van der Waals surface area contributed by atoms with Crippen LogP contribution in [0.4, 0.5) is 16.2 Å². The topological polar surface area (TPSA) is 122 Å². The summed E-state index contributed by atoms with van der Waals surface area (Å²) < 4.78 is 13.4. The van der Waals surface area contributed by atoms with Crippen molar-refractivity contribution < 1.29 is 14.3 Å². The number of ether oxygens (including phenoxy) is 2. The Kier molecular flexibility index (Phi) is 5.79. The molecule has 0 saturated heterocycles. The van der Waals surface area contributed by atoms with Crippen molar-refractivity contribution in [3.8, 4) is 17.0 Å². The second-order valence-electron chi connectivity index (χ2n) is 8.58. The average molecular weight is 462 g/mol. The van der Waals surface area contributed by atoms with Gasteiger partial charge in [0.15, 0.2) is 6.33 Å². The van der Waals surface area contributed by atoms with Crippen molar-refractivity contribution in [3.05, 3.63) is 48.8 Å². The number of rotatable bonds is 8. The number of aromatic nitrogens is 5. The van der Waals surface area contributed by atoms with Gasteiger partial charge in [-0.3, -0.25) is 5.32 Å². The molecule has 1 aliphatic carbocycles. The van der Waals surface area contributed by atoms with Crippen LogP contribution >= 0.6 is 0 Å². The van der Waals surface area contributed by atoms with Crippen LogP contribution in [0.2, 0.25) is 0 Å². The fraction of sp³-hybridized carbons (Fsp3) is 0.333. The highest BCUT2D eigenvalue weighted by molar-refractivity contribution is 6.02. The molecule has 1 amide bonds. The number of hydrogen-bond donors (Lipinski definition) is 2. The monoisotopic (exact) mass is 461 g/mol. The van der Waals surface area contributed by atoms with Crippen molar-refractivity contribution in [1.82, 2.24) is 24.8 Å². The van der Waals surface area contributed by atoms with E-state index in [0.29, 0.717) is 24.9 Å². The fourth-order valence-electron chi connectivity index (χ4n) is 4.02. The summed E-state index contributed by atoms with van der Waals surface area (Å²) in [6.45, 7) is 4.57. The summed E-state index contributed by atoms with van der Waals surface area (Å²) in [5, 5.41) is 15.3. The Labute approximate surface area is 196 Å². The molecule has 3 N–H and O–H groups in total. The van der Waals surface area contributed by atoms with E-state index in [-0.39, 0.29) is 6.10 Å². The first kappa shape index (κ1) is 21.7. The van der Waals surface area contributed by atoms with Gasteiger partial charge in [0, 0.05) is 28.7 Å². The molecular weight excluding hydrogens is 434 g/mol. The van der Waals surface area contributed by atoms with E-state index in [1.165, 1.54) is 11.1 Å². The minimum atomic E-state index is -0.471. The number of tetrazole rings is 1. The molecule has 0 spiro atoms. The number of fused-ring (bicyclic) bond motifs is 1. The first-order valence-electron chi connectivity index (χ1n) is 11.3. The van der Waals surface area contributed by atoms with Crippen LogP contribution < -0.4 is 15.8 Å². The van der Waals surface area contributed by atoms with Gasteiger partial charge in [-0.2, -0.15) is 4.80 Å². The maximum absolute atomic E-state index is 11.9. The van der Waals surface area contributed by atoms with E-state index in [9.17, 15) is 4.79 Å². The van der Waals surface area contributed by atoms with Gasteiger partial charge in [0.1, 0.15) is 12.4 Å². The Morgan fingerprint density at radius 3 is 2.68 bits per heavy atom. The number of carbonyl (C=O) groups is 1. The van der Waals surface area contributed by atoms with Crippen molar-refractivity contribution in [2.45, 2.75) is 45.4 Å². The van der Waals surface area contributed by atoms with Gasteiger partial charge in [0.2, 0.25) is 0 Å². The van der Waals surface area contributed by atoms with Gasteiger partial charge in [-0.1, -0.05) is 12.1 Å².